The van der Waals surface area contributed by atoms with E-state index in [9.17, 15) is 4.79 Å². The van der Waals surface area contributed by atoms with E-state index in [2.05, 4.69) is 5.32 Å². The van der Waals surface area contributed by atoms with E-state index in [4.69, 9.17) is 14.7 Å². The van der Waals surface area contributed by atoms with Crippen LogP contribution in [-0.4, -0.2) is 17.5 Å². The van der Waals surface area contributed by atoms with E-state index in [-0.39, 0.29) is 0 Å². The highest BCUT2D eigenvalue weighted by molar-refractivity contribution is 5.73. The van der Waals surface area contributed by atoms with Crippen molar-refractivity contribution in [2.45, 2.75) is 12.6 Å². The van der Waals surface area contributed by atoms with Gasteiger partial charge < -0.3 is 14.8 Å². The van der Waals surface area contributed by atoms with Crippen molar-refractivity contribution < 1.29 is 19.5 Å². The maximum absolute atomic E-state index is 11.1. The number of benzene rings is 2. The summed E-state index contributed by atoms with van der Waals surface area (Å²) in [6, 6.07) is 14.3. The van der Waals surface area contributed by atoms with Crippen molar-refractivity contribution >= 4 is 6.03 Å². The summed E-state index contributed by atoms with van der Waals surface area (Å²) in [5.74, 6) is 1.90. The van der Waals surface area contributed by atoms with E-state index in [0.717, 1.165) is 5.56 Å². The number of urea groups is 1. The first-order valence-electron chi connectivity index (χ1n) is 6.48. The van der Waals surface area contributed by atoms with E-state index in [1.807, 2.05) is 42.5 Å². The largest absolute Gasteiger partial charge is 0.466 e. The Morgan fingerprint density at radius 2 is 2.00 bits per heavy atom. The van der Waals surface area contributed by atoms with Crippen LogP contribution in [0.1, 0.15) is 5.56 Å². The number of para-hydroxylation sites is 2. The van der Waals surface area contributed by atoms with E-state index in [1.54, 1.807) is 6.07 Å². The molecule has 2 aromatic carbocycles. The molecule has 108 valence electrons. The first kappa shape index (κ1) is 13.3. The number of carbonyl (C=O) groups excluding carboxylic acids is 1. The van der Waals surface area contributed by atoms with Crippen LogP contribution in [-0.2, 0) is 6.42 Å². The number of rotatable bonds is 3. The van der Waals surface area contributed by atoms with Gasteiger partial charge in [0.15, 0.2) is 17.7 Å². The molecule has 2 aromatic rings. The Morgan fingerprint density at radius 1 is 1.19 bits per heavy atom. The van der Waals surface area contributed by atoms with Crippen molar-refractivity contribution in [1.29, 1.82) is 0 Å². The lowest BCUT2D eigenvalue weighted by atomic mass is 10.1. The van der Waals surface area contributed by atoms with E-state index in [0.29, 0.717) is 23.7 Å². The Labute approximate surface area is 121 Å². The number of carbonyl (C=O) groups is 1. The number of hydrogen-bond donors (Lipinski definition) is 3. The second-order valence-electron chi connectivity index (χ2n) is 4.56. The Morgan fingerprint density at radius 3 is 2.76 bits per heavy atom. The summed E-state index contributed by atoms with van der Waals surface area (Å²) in [6.07, 6.45) is -0.0259. The van der Waals surface area contributed by atoms with Crippen LogP contribution >= 0.6 is 0 Å². The zero-order valence-electron chi connectivity index (χ0n) is 11.1. The maximum Gasteiger partial charge on any atom is 0.341 e. The molecule has 6 heteroatoms. The second-order valence-corrected chi connectivity index (χ2v) is 4.56. The van der Waals surface area contributed by atoms with Gasteiger partial charge in [0.05, 0.1) is 0 Å². The van der Waals surface area contributed by atoms with Crippen LogP contribution in [0.25, 0.3) is 0 Å². The van der Waals surface area contributed by atoms with Crippen LogP contribution in [0.5, 0.6) is 17.2 Å². The lowest BCUT2D eigenvalue weighted by Crippen LogP contribution is -2.43. The third-order valence-electron chi connectivity index (χ3n) is 3.09. The Balaban J connectivity index is 1.78. The number of fused-ring (bicyclic) bond motifs is 1. The van der Waals surface area contributed by atoms with Crippen LogP contribution in [0.4, 0.5) is 4.79 Å². The summed E-state index contributed by atoms with van der Waals surface area (Å²) in [4.78, 5) is 11.1. The van der Waals surface area contributed by atoms with Gasteiger partial charge in [-0.1, -0.05) is 30.3 Å². The number of hydroxylamine groups is 1. The van der Waals surface area contributed by atoms with Gasteiger partial charge in [-0.25, -0.2) is 10.3 Å². The van der Waals surface area contributed by atoms with Gasteiger partial charge in [-0.2, -0.15) is 0 Å². The molecule has 1 heterocycles. The zero-order chi connectivity index (χ0) is 14.7. The fraction of sp³-hybridized carbons (Fsp3) is 0.133. The molecule has 0 saturated heterocycles. The van der Waals surface area contributed by atoms with Crippen molar-refractivity contribution in [3.05, 3.63) is 54.1 Å². The molecule has 1 unspecified atom stereocenters. The minimum atomic E-state index is -0.710. The third kappa shape index (κ3) is 2.90. The average Bonchev–Trinajstić information content (AvgIpc) is 2.91. The van der Waals surface area contributed by atoms with Gasteiger partial charge in [-0.15, -0.1) is 0 Å². The smallest absolute Gasteiger partial charge is 0.341 e. The predicted octanol–water partition coefficient (Wildman–Crippen LogP) is 2.43. The van der Waals surface area contributed by atoms with Crippen LogP contribution in [0, 0.1) is 0 Å². The van der Waals surface area contributed by atoms with Crippen molar-refractivity contribution in [2.24, 2.45) is 0 Å². The Hall–Kier alpha value is -2.73. The summed E-state index contributed by atoms with van der Waals surface area (Å²) in [5.41, 5.74) is 2.45. The van der Waals surface area contributed by atoms with Crippen molar-refractivity contribution in [2.75, 3.05) is 0 Å². The lowest BCUT2D eigenvalue weighted by Gasteiger charge is -2.13. The second kappa shape index (κ2) is 5.72. The monoisotopic (exact) mass is 286 g/mol. The molecule has 1 aliphatic rings. The lowest BCUT2D eigenvalue weighted by molar-refractivity contribution is 0.136. The van der Waals surface area contributed by atoms with Crippen molar-refractivity contribution in [3.8, 4) is 17.2 Å². The molecule has 0 spiro atoms. The number of nitrogens with one attached hydrogen (secondary N) is 2. The fourth-order valence-electron chi connectivity index (χ4n) is 2.19. The van der Waals surface area contributed by atoms with Crippen LogP contribution in [0.3, 0.4) is 0 Å². The SMILES string of the molecule is O=C(NO)NC1Cc2cccc(Oc3ccccc3)c2O1. The number of amides is 2. The van der Waals surface area contributed by atoms with Gasteiger partial charge in [-0.3, -0.25) is 5.21 Å². The Kier molecular flexibility index (Phi) is 3.61. The molecule has 0 fully saturated rings. The third-order valence-corrected chi connectivity index (χ3v) is 3.09. The van der Waals surface area contributed by atoms with Gasteiger partial charge in [0.25, 0.3) is 0 Å². The summed E-state index contributed by atoms with van der Waals surface area (Å²) in [6.45, 7) is 0. The number of ether oxygens (including phenoxy) is 2. The van der Waals surface area contributed by atoms with Gasteiger partial charge in [0.1, 0.15) is 5.75 Å². The summed E-state index contributed by atoms with van der Waals surface area (Å²) in [5, 5.41) is 11.0. The van der Waals surface area contributed by atoms with Gasteiger partial charge in [0, 0.05) is 12.0 Å². The fourth-order valence-corrected chi connectivity index (χ4v) is 2.19. The highest BCUT2D eigenvalue weighted by atomic mass is 16.5. The first-order chi connectivity index (χ1) is 10.3. The van der Waals surface area contributed by atoms with Gasteiger partial charge in [0.2, 0.25) is 0 Å². The standard InChI is InChI=1S/C15H14N2O4/c18-15(17-19)16-13-9-10-5-4-8-12(14(10)21-13)20-11-6-2-1-3-7-11/h1-8,13,19H,9H2,(H2,16,17,18). The normalized spacial score (nSPS) is 15.8. The van der Waals surface area contributed by atoms with Crippen molar-refractivity contribution in [3.63, 3.8) is 0 Å². The highest BCUT2D eigenvalue weighted by Crippen LogP contribution is 2.39. The first-order valence-corrected chi connectivity index (χ1v) is 6.48. The molecule has 3 N–H and O–H groups in total. The van der Waals surface area contributed by atoms with E-state index < -0.39 is 12.3 Å². The molecule has 1 aliphatic heterocycles. The van der Waals surface area contributed by atoms with Crippen LogP contribution in [0.2, 0.25) is 0 Å². The Bertz CT molecular complexity index is 645. The molecular formula is C15H14N2O4. The van der Waals surface area contributed by atoms with Gasteiger partial charge >= 0.3 is 6.03 Å². The molecule has 0 aromatic heterocycles. The molecule has 1 atom stereocenters. The molecular weight excluding hydrogens is 272 g/mol. The zero-order valence-corrected chi connectivity index (χ0v) is 11.1. The molecule has 0 saturated carbocycles. The van der Waals surface area contributed by atoms with Crippen LogP contribution in [0.15, 0.2) is 48.5 Å². The molecule has 0 radical (unpaired) electrons. The highest BCUT2D eigenvalue weighted by Gasteiger charge is 2.27. The summed E-state index contributed by atoms with van der Waals surface area (Å²) >= 11 is 0. The topological polar surface area (TPSA) is 79.8 Å². The quantitative estimate of drug-likeness (QED) is 0.598. The van der Waals surface area contributed by atoms with Crippen molar-refractivity contribution in [1.82, 2.24) is 10.8 Å². The molecule has 6 nitrogen and oxygen atoms in total. The molecule has 21 heavy (non-hydrogen) atoms. The van der Waals surface area contributed by atoms with E-state index >= 15 is 0 Å². The number of hydrogen-bond acceptors (Lipinski definition) is 4. The van der Waals surface area contributed by atoms with E-state index in [1.165, 1.54) is 5.48 Å². The maximum atomic E-state index is 11.1. The van der Waals surface area contributed by atoms with Crippen LogP contribution < -0.4 is 20.3 Å². The molecule has 0 bridgehead atoms. The molecule has 3 rings (SSSR count). The predicted molar refractivity (Wildman–Crippen MR) is 74.5 cm³/mol. The summed E-state index contributed by atoms with van der Waals surface area (Å²) in [7, 11) is 0. The molecule has 0 aliphatic carbocycles. The minimum absolute atomic E-state index is 0.509. The average molecular weight is 286 g/mol. The minimum Gasteiger partial charge on any atom is -0.466 e. The van der Waals surface area contributed by atoms with Gasteiger partial charge in [-0.05, 0) is 18.2 Å². The summed E-state index contributed by atoms with van der Waals surface area (Å²) < 4.78 is 11.5. The molecule has 2 amide bonds.